The van der Waals surface area contributed by atoms with Crippen LogP contribution in [0.4, 0.5) is 5.13 Å². The first-order valence-electron chi connectivity index (χ1n) is 5.39. The summed E-state index contributed by atoms with van der Waals surface area (Å²) in [6.45, 7) is 0.641. The molecule has 1 saturated heterocycles. The average Bonchev–Trinajstić information content (AvgIpc) is 2.88. The fraction of sp³-hybridized carbons (Fsp3) is 0.778. The zero-order chi connectivity index (χ0) is 11.3. The molecule has 0 spiro atoms. The van der Waals surface area contributed by atoms with E-state index in [0.717, 1.165) is 17.8 Å². The van der Waals surface area contributed by atoms with E-state index in [-0.39, 0.29) is 6.67 Å². The normalized spacial score (nSPS) is 35.8. The van der Waals surface area contributed by atoms with Crippen LogP contribution >= 0.6 is 11.3 Å². The number of quaternary nitrogens is 1. The Bertz CT molecular complexity index is 408. The number of likely N-dealkylation sites (N-methyl/N-ethyl adjacent to an activating group) is 1. The van der Waals surface area contributed by atoms with E-state index in [2.05, 4.69) is 10.2 Å². The highest BCUT2D eigenvalue weighted by atomic mass is 32.1. The largest absolute Gasteiger partial charge is 0.623 e. The molecule has 2 aliphatic rings. The van der Waals surface area contributed by atoms with E-state index >= 15 is 0 Å². The summed E-state index contributed by atoms with van der Waals surface area (Å²) in [5, 5.41) is 31.6. The molecule has 1 saturated carbocycles. The second-order valence-electron chi connectivity index (χ2n) is 4.65. The molecule has 0 radical (unpaired) electrons. The second kappa shape index (κ2) is 3.44. The minimum atomic E-state index is -0.940. The number of hydrogen-bond donors (Lipinski definition) is 1. The minimum absolute atomic E-state index is 0.250. The van der Waals surface area contributed by atoms with Gasteiger partial charge < -0.3 is 10.3 Å². The molecular weight excluding hydrogens is 228 g/mol. The quantitative estimate of drug-likeness (QED) is 0.602. The number of aromatic nitrogens is 2. The Balaban J connectivity index is 1.89. The highest BCUT2D eigenvalue weighted by Crippen LogP contribution is 2.44. The number of hydroxylamine groups is 2. The first-order chi connectivity index (χ1) is 7.59. The van der Waals surface area contributed by atoms with Gasteiger partial charge >= 0.3 is 5.13 Å². The van der Waals surface area contributed by atoms with Crippen LogP contribution in [0.25, 0.3) is 0 Å². The SMILES string of the molecule is CN1CC(O)[N+]([O-])(c2nnc(C3CC3)s2)C1. The molecule has 1 N–H and O–H groups in total. The van der Waals surface area contributed by atoms with E-state index in [4.69, 9.17) is 0 Å². The summed E-state index contributed by atoms with van der Waals surface area (Å²) in [7, 11) is 1.82. The number of aliphatic hydroxyl groups excluding tert-OH is 1. The molecule has 0 amide bonds. The van der Waals surface area contributed by atoms with Gasteiger partial charge in [-0.3, -0.25) is 9.55 Å². The van der Waals surface area contributed by atoms with Crippen molar-refractivity contribution < 1.29 is 5.11 Å². The second-order valence-corrected chi connectivity index (χ2v) is 5.64. The van der Waals surface area contributed by atoms with Gasteiger partial charge in [-0.25, -0.2) is 0 Å². The van der Waals surface area contributed by atoms with Crippen molar-refractivity contribution in [1.82, 2.24) is 19.7 Å². The smallest absolute Gasteiger partial charge is 0.309 e. The van der Waals surface area contributed by atoms with E-state index in [1.807, 2.05) is 11.9 Å². The van der Waals surface area contributed by atoms with Crippen molar-refractivity contribution in [3.8, 4) is 0 Å². The molecule has 2 atom stereocenters. The maximum Gasteiger partial charge on any atom is 0.309 e. The van der Waals surface area contributed by atoms with Gasteiger partial charge in [-0.2, -0.15) is 0 Å². The molecule has 1 aliphatic heterocycles. The Labute approximate surface area is 97.3 Å². The molecule has 2 fully saturated rings. The zero-order valence-corrected chi connectivity index (χ0v) is 9.85. The summed E-state index contributed by atoms with van der Waals surface area (Å²) >= 11 is 1.36. The molecule has 1 aromatic heterocycles. The molecule has 6 nitrogen and oxygen atoms in total. The van der Waals surface area contributed by atoms with Crippen molar-refractivity contribution in [3.63, 3.8) is 0 Å². The fourth-order valence-corrected chi connectivity index (χ4v) is 3.07. The maximum absolute atomic E-state index is 12.5. The summed E-state index contributed by atoms with van der Waals surface area (Å²) < 4.78 is -0.763. The number of β-amino-alcohol motifs (C(OH)–C–C–N with tert-alkyl or cyclic N) is 1. The van der Waals surface area contributed by atoms with Crippen molar-refractivity contribution in [3.05, 3.63) is 10.2 Å². The summed E-state index contributed by atoms with van der Waals surface area (Å²) in [6.07, 6.45) is 1.36. The maximum atomic E-state index is 12.5. The van der Waals surface area contributed by atoms with Gasteiger partial charge in [0.25, 0.3) is 0 Å². The highest BCUT2D eigenvalue weighted by molar-refractivity contribution is 7.15. The lowest BCUT2D eigenvalue weighted by molar-refractivity contribution is 0.0844. The van der Waals surface area contributed by atoms with Crippen LogP contribution in [-0.4, -0.2) is 46.7 Å². The highest BCUT2D eigenvalue weighted by Gasteiger charge is 2.42. The Morgan fingerprint density at radius 3 is 2.81 bits per heavy atom. The first-order valence-corrected chi connectivity index (χ1v) is 6.20. The van der Waals surface area contributed by atoms with Crippen LogP contribution in [-0.2, 0) is 0 Å². The van der Waals surface area contributed by atoms with E-state index in [1.165, 1.54) is 11.3 Å². The van der Waals surface area contributed by atoms with Gasteiger partial charge in [0, 0.05) is 5.92 Å². The van der Waals surface area contributed by atoms with Gasteiger partial charge in [0.15, 0.2) is 0 Å². The number of rotatable bonds is 2. The molecule has 88 valence electrons. The number of aliphatic hydroxyl groups is 1. The molecule has 1 aliphatic carbocycles. The van der Waals surface area contributed by atoms with Crippen LogP contribution < -0.4 is 4.65 Å². The van der Waals surface area contributed by atoms with Gasteiger partial charge in [0.05, 0.1) is 6.54 Å². The van der Waals surface area contributed by atoms with Crippen LogP contribution in [0.1, 0.15) is 23.8 Å². The van der Waals surface area contributed by atoms with E-state index < -0.39 is 10.9 Å². The lowest BCUT2D eigenvalue weighted by Crippen LogP contribution is -2.48. The Hall–Kier alpha value is -0.600. The molecule has 0 bridgehead atoms. The lowest BCUT2D eigenvalue weighted by atomic mass is 10.5. The van der Waals surface area contributed by atoms with Crippen molar-refractivity contribution in [2.75, 3.05) is 20.3 Å². The Morgan fingerprint density at radius 2 is 2.25 bits per heavy atom. The molecule has 7 heteroatoms. The first kappa shape index (κ1) is 10.5. The summed E-state index contributed by atoms with van der Waals surface area (Å²) in [5.74, 6) is 0.510. The Kier molecular flexibility index (Phi) is 2.27. The van der Waals surface area contributed by atoms with E-state index in [0.29, 0.717) is 17.6 Å². The summed E-state index contributed by atoms with van der Waals surface area (Å²) in [6, 6.07) is 0. The monoisotopic (exact) mass is 242 g/mol. The van der Waals surface area contributed by atoms with Gasteiger partial charge in [0.2, 0.25) is 6.23 Å². The summed E-state index contributed by atoms with van der Waals surface area (Å²) in [5.41, 5.74) is 0. The van der Waals surface area contributed by atoms with Crippen molar-refractivity contribution in [2.45, 2.75) is 25.0 Å². The van der Waals surface area contributed by atoms with Gasteiger partial charge in [-0.15, -0.1) is 5.10 Å². The van der Waals surface area contributed by atoms with Gasteiger partial charge in [-0.1, -0.05) is 5.10 Å². The molecule has 2 heterocycles. The molecule has 1 aromatic rings. The van der Waals surface area contributed by atoms with E-state index in [9.17, 15) is 10.3 Å². The molecule has 2 unspecified atom stereocenters. The summed E-state index contributed by atoms with van der Waals surface area (Å²) in [4.78, 5) is 1.82. The topological polar surface area (TPSA) is 72.3 Å². The van der Waals surface area contributed by atoms with Crippen LogP contribution in [0, 0.1) is 5.21 Å². The van der Waals surface area contributed by atoms with Crippen molar-refractivity contribution in [1.29, 1.82) is 0 Å². The third-order valence-corrected chi connectivity index (χ3v) is 4.29. The van der Waals surface area contributed by atoms with Crippen LogP contribution in [0.2, 0.25) is 0 Å². The van der Waals surface area contributed by atoms with Crippen LogP contribution in [0.15, 0.2) is 0 Å². The molecular formula is C9H14N4O2S. The lowest BCUT2D eigenvalue weighted by Gasteiger charge is -2.36. The Morgan fingerprint density at radius 1 is 1.50 bits per heavy atom. The number of nitrogens with zero attached hydrogens (tertiary/aromatic N) is 4. The van der Waals surface area contributed by atoms with Crippen molar-refractivity contribution in [2.24, 2.45) is 0 Å². The third kappa shape index (κ3) is 1.56. The molecule has 0 aromatic carbocycles. The molecule has 16 heavy (non-hydrogen) atoms. The molecule has 3 rings (SSSR count). The predicted molar refractivity (Wildman–Crippen MR) is 60.5 cm³/mol. The van der Waals surface area contributed by atoms with Crippen LogP contribution in [0.5, 0.6) is 0 Å². The van der Waals surface area contributed by atoms with E-state index in [1.54, 1.807) is 0 Å². The standard InChI is InChI=1S/C9H14N4O2S/c1-12-4-7(14)13(15,5-12)9-11-10-8(16-9)6-2-3-6/h6-7,14H,2-5H2,1H3. The van der Waals surface area contributed by atoms with Gasteiger partial charge in [0.1, 0.15) is 11.7 Å². The zero-order valence-electron chi connectivity index (χ0n) is 9.04. The fourth-order valence-electron chi connectivity index (χ4n) is 1.98. The van der Waals surface area contributed by atoms with Crippen molar-refractivity contribution >= 4 is 16.5 Å². The minimum Gasteiger partial charge on any atom is -0.623 e. The number of hydrogen-bond acceptors (Lipinski definition) is 6. The predicted octanol–water partition coefficient (Wildman–Crippen LogP) is 0.442. The van der Waals surface area contributed by atoms with Gasteiger partial charge in [-0.05, 0) is 31.2 Å². The third-order valence-electron chi connectivity index (χ3n) is 3.09. The van der Waals surface area contributed by atoms with Crippen LogP contribution in [0.3, 0.4) is 0 Å². The average molecular weight is 242 g/mol.